The number of carbonyl (C=O) groups excluding carboxylic acids is 3. The number of hydrogen-bond acceptors (Lipinski definition) is 10. The summed E-state index contributed by atoms with van der Waals surface area (Å²) in [7, 11) is 0. The molecule has 0 saturated carbocycles. The Morgan fingerprint density at radius 2 is 1.74 bits per heavy atom. The van der Waals surface area contributed by atoms with Crippen molar-refractivity contribution in [2.75, 3.05) is 65.0 Å². The van der Waals surface area contributed by atoms with Crippen LogP contribution in [-0.2, 0) is 14.4 Å². The van der Waals surface area contributed by atoms with Gasteiger partial charge in [-0.15, -0.1) is 11.6 Å². The molecule has 0 radical (unpaired) electrons. The van der Waals surface area contributed by atoms with Crippen molar-refractivity contribution in [3.63, 3.8) is 0 Å². The predicted molar refractivity (Wildman–Crippen MR) is 182 cm³/mol. The fourth-order valence-electron chi connectivity index (χ4n) is 5.63. The second-order valence-corrected chi connectivity index (χ2v) is 12.1. The Hall–Kier alpha value is -3.61. The number of ether oxygens (including phenoxy) is 2. The van der Waals surface area contributed by atoms with Crippen molar-refractivity contribution in [2.45, 2.75) is 46.1 Å². The summed E-state index contributed by atoms with van der Waals surface area (Å²) in [6.07, 6.45) is 2.13. The minimum Gasteiger partial charge on any atom is -0.491 e. The number of ketones is 2. The Balaban J connectivity index is 1.68. The van der Waals surface area contributed by atoms with Crippen LogP contribution in [0.3, 0.4) is 0 Å². The number of benzene rings is 2. The van der Waals surface area contributed by atoms with Crippen LogP contribution in [0.25, 0.3) is 16.6 Å². The Morgan fingerprint density at radius 1 is 1.04 bits per heavy atom. The van der Waals surface area contributed by atoms with E-state index in [-0.39, 0.29) is 42.8 Å². The molecule has 0 unspecified atom stereocenters. The molecular weight excluding hydrogens is 624 g/mol. The molecule has 4 rings (SSSR count). The van der Waals surface area contributed by atoms with Crippen LogP contribution < -0.4 is 4.74 Å². The van der Waals surface area contributed by atoms with Gasteiger partial charge in [0, 0.05) is 60.3 Å². The minimum absolute atomic E-state index is 0.00866. The maximum absolute atomic E-state index is 14.2. The third-order valence-electron chi connectivity index (χ3n) is 8.52. The van der Waals surface area contributed by atoms with Gasteiger partial charge in [0.2, 0.25) is 5.78 Å². The van der Waals surface area contributed by atoms with Gasteiger partial charge in [0.15, 0.2) is 5.78 Å². The first-order valence-corrected chi connectivity index (χ1v) is 16.6. The number of Topliss-reactive ketones (excluding diaryl/α,β-unsaturated/α-hetero) is 2. The number of rotatable bonds is 17. The number of halogens is 1. The van der Waals surface area contributed by atoms with E-state index >= 15 is 0 Å². The Morgan fingerprint density at radius 3 is 2.38 bits per heavy atom. The van der Waals surface area contributed by atoms with E-state index in [2.05, 4.69) is 15.0 Å². The van der Waals surface area contributed by atoms with Crippen molar-refractivity contribution in [1.29, 1.82) is 0 Å². The second kappa shape index (κ2) is 17.0. The number of alkyl halides is 1. The van der Waals surface area contributed by atoms with E-state index < -0.39 is 11.5 Å². The molecule has 0 amide bonds. The molecule has 2 aromatic carbocycles. The zero-order chi connectivity index (χ0) is 34.0. The largest absolute Gasteiger partial charge is 0.491 e. The van der Waals surface area contributed by atoms with Gasteiger partial charge in [-0.2, -0.15) is 0 Å². The average Bonchev–Trinajstić information content (AvgIpc) is 3.47. The van der Waals surface area contributed by atoms with Crippen molar-refractivity contribution in [3.8, 4) is 11.4 Å². The maximum Gasteiger partial charge on any atom is 0.336 e. The lowest BCUT2D eigenvalue weighted by Crippen LogP contribution is -2.54. The van der Waals surface area contributed by atoms with E-state index in [9.17, 15) is 19.5 Å². The highest BCUT2D eigenvalue weighted by molar-refractivity contribution is 6.46. The first-order chi connectivity index (χ1) is 22.6. The van der Waals surface area contributed by atoms with Crippen LogP contribution in [0.15, 0.2) is 53.8 Å². The van der Waals surface area contributed by atoms with Gasteiger partial charge >= 0.3 is 5.97 Å². The summed E-state index contributed by atoms with van der Waals surface area (Å²) in [6.45, 7) is 12.6. The van der Waals surface area contributed by atoms with Gasteiger partial charge in [-0.1, -0.05) is 19.0 Å². The summed E-state index contributed by atoms with van der Waals surface area (Å²) in [6, 6.07) is 12.5. The normalized spacial score (nSPS) is 14.5. The summed E-state index contributed by atoms with van der Waals surface area (Å²) in [5.41, 5.74) is 1.82. The molecular formula is C35H45ClN4O7. The van der Waals surface area contributed by atoms with E-state index in [1.165, 1.54) is 0 Å². The van der Waals surface area contributed by atoms with Gasteiger partial charge in [0.1, 0.15) is 18.1 Å². The van der Waals surface area contributed by atoms with E-state index in [1.54, 1.807) is 18.2 Å². The summed E-state index contributed by atoms with van der Waals surface area (Å²) in [5, 5.41) is 13.9. The number of oxime groups is 1. The number of aliphatic hydroxyl groups excluding tert-OH is 1. The zero-order valence-corrected chi connectivity index (χ0v) is 28.4. The van der Waals surface area contributed by atoms with Crippen LogP contribution in [0, 0.1) is 0 Å². The first kappa shape index (κ1) is 36.2. The van der Waals surface area contributed by atoms with Crippen molar-refractivity contribution >= 4 is 45.8 Å². The highest BCUT2D eigenvalue weighted by atomic mass is 35.5. The molecule has 1 aromatic heterocycles. The standard InChI is InChI=1S/C35H45ClN4O7/c1-5-38(6-2)16-14-30(37-47-32(42)13-15-36)33(43)25-7-9-26(10-8-25)40-24-29(28-23-27(46-22-19-41)11-12-31(28)40)34(44)35(3,4)39-17-20-45-21-18-39/h7-12,23-24,41H,5-6,13-22H2,1-4H3/b37-30+. The smallest absolute Gasteiger partial charge is 0.336 e. The van der Waals surface area contributed by atoms with Crippen molar-refractivity contribution in [1.82, 2.24) is 14.4 Å². The number of morpholine rings is 1. The highest BCUT2D eigenvalue weighted by Crippen LogP contribution is 2.33. The molecule has 2 heterocycles. The van der Waals surface area contributed by atoms with Crippen LogP contribution in [0.5, 0.6) is 5.75 Å². The number of nitrogens with zero attached hydrogens (tertiary/aromatic N) is 4. The van der Waals surface area contributed by atoms with Gasteiger partial charge in [-0.25, -0.2) is 4.79 Å². The monoisotopic (exact) mass is 668 g/mol. The molecule has 1 fully saturated rings. The summed E-state index contributed by atoms with van der Waals surface area (Å²) >= 11 is 5.65. The number of hydrogen-bond donors (Lipinski definition) is 1. The minimum atomic E-state index is -0.783. The van der Waals surface area contributed by atoms with Gasteiger partial charge < -0.3 is 28.9 Å². The van der Waals surface area contributed by atoms with Crippen LogP contribution in [0.1, 0.15) is 61.3 Å². The third-order valence-corrected chi connectivity index (χ3v) is 8.71. The lowest BCUT2D eigenvalue weighted by atomic mass is 9.90. The molecule has 1 aliphatic rings. The summed E-state index contributed by atoms with van der Waals surface area (Å²) in [4.78, 5) is 49.0. The van der Waals surface area contributed by atoms with E-state index in [1.807, 2.05) is 62.7 Å². The van der Waals surface area contributed by atoms with Crippen LogP contribution >= 0.6 is 11.6 Å². The van der Waals surface area contributed by atoms with E-state index in [0.717, 1.165) is 29.7 Å². The number of carbonyl (C=O) groups is 3. The van der Waals surface area contributed by atoms with E-state index in [0.29, 0.717) is 56.1 Å². The highest BCUT2D eigenvalue weighted by Gasteiger charge is 2.37. The molecule has 11 nitrogen and oxygen atoms in total. The molecule has 0 aliphatic carbocycles. The first-order valence-electron chi connectivity index (χ1n) is 16.1. The fourth-order valence-corrected chi connectivity index (χ4v) is 5.78. The predicted octanol–water partition coefficient (Wildman–Crippen LogP) is 4.74. The summed E-state index contributed by atoms with van der Waals surface area (Å²) in [5.74, 6) is -0.330. The lowest BCUT2D eigenvalue weighted by molar-refractivity contribution is -0.143. The topological polar surface area (TPSA) is 123 Å². The van der Waals surface area contributed by atoms with E-state index in [4.69, 9.17) is 25.9 Å². The number of fused-ring (bicyclic) bond motifs is 1. The fraction of sp³-hybridized carbons (Fsp3) is 0.486. The molecule has 0 bridgehead atoms. The average molecular weight is 669 g/mol. The molecule has 1 saturated heterocycles. The van der Waals surface area contributed by atoms with Crippen molar-refractivity contribution in [2.24, 2.45) is 5.16 Å². The Labute approximate surface area is 281 Å². The molecule has 47 heavy (non-hydrogen) atoms. The van der Waals surface area contributed by atoms with Crippen LogP contribution in [0.2, 0.25) is 0 Å². The number of aliphatic hydroxyl groups is 1. The Bertz CT molecular complexity index is 1560. The maximum atomic E-state index is 14.2. The van der Waals surface area contributed by atoms with Gasteiger partial charge in [0.25, 0.3) is 0 Å². The SMILES string of the molecule is CCN(CC)CC/C(=N\OC(=O)CCCl)C(=O)c1ccc(-n2cc(C(=O)C(C)(C)N3CCOCC3)c3cc(OCCO)ccc32)cc1. The van der Waals surface area contributed by atoms with Gasteiger partial charge in [-0.3, -0.25) is 14.5 Å². The van der Waals surface area contributed by atoms with Crippen molar-refractivity contribution < 1.29 is 33.8 Å². The van der Waals surface area contributed by atoms with Crippen molar-refractivity contribution in [3.05, 3.63) is 59.8 Å². The molecule has 12 heteroatoms. The third kappa shape index (κ3) is 8.85. The molecule has 0 atom stereocenters. The quantitative estimate of drug-likeness (QED) is 0.0715. The van der Waals surface area contributed by atoms with Gasteiger partial charge in [0.05, 0.1) is 37.3 Å². The molecule has 1 N–H and O–H groups in total. The molecule has 254 valence electrons. The zero-order valence-electron chi connectivity index (χ0n) is 27.7. The Kier molecular flexibility index (Phi) is 13.1. The summed E-state index contributed by atoms with van der Waals surface area (Å²) < 4.78 is 13.1. The second-order valence-electron chi connectivity index (χ2n) is 11.7. The van der Waals surface area contributed by atoms with Crippen LogP contribution in [-0.4, -0.2) is 113 Å². The number of aromatic nitrogens is 1. The molecule has 1 aliphatic heterocycles. The lowest BCUT2D eigenvalue weighted by Gasteiger charge is -2.39. The van der Waals surface area contributed by atoms with Gasteiger partial charge in [-0.05, 0) is 69.4 Å². The van der Waals surface area contributed by atoms with Crippen LogP contribution in [0.4, 0.5) is 0 Å². The molecule has 3 aromatic rings. The molecule has 0 spiro atoms.